The van der Waals surface area contributed by atoms with Crippen LogP contribution in [0.15, 0.2) is 12.3 Å². The van der Waals surface area contributed by atoms with Gasteiger partial charge in [-0.15, -0.1) is 0 Å². The summed E-state index contributed by atoms with van der Waals surface area (Å²) in [5.41, 5.74) is -0.312. The van der Waals surface area contributed by atoms with Gasteiger partial charge in [-0.25, -0.2) is 4.98 Å². The molecular formula is C15H17F3N4O. The van der Waals surface area contributed by atoms with Crippen LogP contribution in [0.4, 0.5) is 24.7 Å². The number of hydrogen-bond donors (Lipinski definition) is 1. The molecule has 2 saturated heterocycles. The molecule has 2 unspecified atom stereocenters. The zero-order valence-electron chi connectivity index (χ0n) is 12.4. The average molecular weight is 326 g/mol. The number of carbonyl (C=O) groups excluding carboxylic acids is 1. The van der Waals surface area contributed by atoms with E-state index in [9.17, 15) is 18.0 Å². The number of likely N-dealkylation sites (tertiary alicyclic amines) is 1. The van der Waals surface area contributed by atoms with Crippen LogP contribution in [-0.4, -0.2) is 41.1 Å². The molecule has 0 aromatic carbocycles. The van der Waals surface area contributed by atoms with Crippen molar-refractivity contribution in [3.63, 3.8) is 0 Å². The van der Waals surface area contributed by atoms with Gasteiger partial charge in [0.15, 0.2) is 5.82 Å². The number of amides is 1. The highest BCUT2D eigenvalue weighted by atomic mass is 19.4. The maximum Gasteiger partial charge on any atom is 0.417 e. The summed E-state index contributed by atoms with van der Waals surface area (Å²) in [6, 6.07) is 1.28. The average Bonchev–Trinajstić information content (AvgIpc) is 3.07. The predicted molar refractivity (Wildman–Crippen MR) is 78.0 cm³/mol. The van der Waals surface area contributed by atoms with Crippen molar-refractivity contribution in [1.82, 2.24) is 9.88 Å². The van der Waals surface area contributed by atoms with E-state index in [1.165, 1.54) is 0 Å². The van der Waals surface area contributed by atoms with Gasteiger partial charge in [-0.1, -0.05) is 0 Å². The summed E-state index contributed by atoms with van der Waals surface area (Å²) in [5.74, 6) is 0.769. The van der Waals surface area contributed by atoms with Crippen molar-refractivity contribution in [3.05, 3.63) is 17.8 Å². The first-order chi connectivity index (χ1) is 10.9. The topological polar surface area (TPSA) is 48.5 Å². The van der Waals surface area contributed by atoms with Crippen molar-refractivity contribution in [3.8, 4) is 0 Å². The lowest BCUT2D eigenvalue weighted by molar-refractivity contribution is -0.137. The van der Waals surface area contributed by atoms with Crippen LogP contribution >= 0.6 is 0 Å². The molecule has 23 heavy (non-hydrogen) atoms. The number of pyridine rings is 1. The number of carbonyl (C=O) groups is 1. The number of aromatic nitrogens is 1. The van der Waals surface area contributed by atoms with Crippen LogP contribution in [0.2, 0.25) is 0 Å². The second-order valence-corrected chi connectivity index (χ2v) is 6.32. The fourth-order valence-electron chi connectivity index (χ4n) is 3.80. The molecule has 3 aliphatic heterocycles. The molecule has 1 N–H and O–H groups in total. The molecule has 1 aromatic heterocycles. The SMILES string of the molecule is O=C1CCCN1C1CCN2c3ncc(C(F)(F)F)cc3NC2C1. The summed E-state index contributed by atoms with van der Waals surface area (Å²) >= 11 is 0. The molecule has 1 amide bonds. The Morgan fingerprint density at radius 1 is 1.26 bits per heavy atom. The highest BCUT2D eigenvalue weighted by Gasteiger charge is 2.41. The molecule has 2 fully saturated rings. The molecule has 4 heterocycles. The maximum atomic E-state index is 12.8. The number of halogens is 3. The van der Waals surface area contributed by atoms with E-state index in [-0.39, 0.29) is 18.1 Å². The molecule has 4 rings (SSSR count). The number of hydrogen-bond acceptors (Lipinski definition) is 4. The molecule has 1 aromatic rings. The molecule has 0 bridgehead atoms. The summed E-state index contributed by atoms with van der Waals surface area (Å²) in [5, 5.41) is 3.14. The quantitative estimate of drug-likeness (QED) is 0.861. The van der Waals surface area contributed by atoms with Crippen LogP contribution < -0.4 is 10.2 Å². The number of alkyl halides is 3. The Morgan fingerprint density at radius 3 is 2.78 bits per heavy atom. The van der Waals surface area contributed by atoms with Gasteiger partial charge in [-0.2, -0.15) is 13.2 Å². The zero-order valence-corrected chi connectivity index (χ0v) is 12.4. The van der Waals surface area contributed by atoms with Gasteiger partial charge in [0.05, 0.1) is 11.3 Å². The molecule has 5 nitrogen and oxygen atoms in total. The Labute approximate surface area is 131 Å². The fraction of sp³-hybridized carbons (Fsp3) is 0.600. The summed E-state index contributed by atoms with van der Waals surface area (Å²) in [6.45, 7) is 1.48. The third kappa shape index (κ3) is 2.40. The molecule has 124 valence electrons. The Balaban J connectivity index is 1.54. The minimum absolute atomic E-state index is 0.0897. The Hall–Kier alpha value is -1.99. The number of rotatable bonds is 1. The normalized spacial score (nSPS) is 27.0. The number of piperidine rings is 1. The van der Waals surface area contributed by atoms with Gasteiger partial charge in [0.2, 0.25) is 5.91 Å². The summed E-state index contributed by atoms with van der Waals surface area (Å²) < 4.78 is 38.4. The number of anilines is 2. The minimum Gasteiger partial charge on any atom is -0.362 e. The van der Waals surface area contributed by atoms with E-state index in [2.05, 4.69) is 10.3 Å². The van der Waals surface area contributed by atoms with Crippen molar-refractivity contribution >= 4 is 17.4 Å². The Bertz CT molecular complexity index is 648. The monoisotopic (exact) mass is 326 g/mol. The van der Waals surface area contributed by atoms with Crippen LogP contribution in [-0.2, 0) is 11.0 Å². The number of nitrogens with zero attached hydrogens (tertiary/aromatic N) is 3. The van der Waals surface area contributed by atoms with Crippen molar-refractivity contribution in [2.75, 3.05) is 23.3 Å². The molecule has 0 radical (unpaired) electrons. The first-order valence-corrected chi connectivity index (χ1v) is 7.83. The third-order valence-electron chi connectivity index (χ3n) is 4.91. The van der Waals surface area contributed by atoms with Gasteiger partial charge in [-0.3, -0.25) is 4.79 Å². The van der Waals surface area contributed by atoms with Crippen molar-refractivity contribution in [2.45, 2.75) is 44.1 Å². The summed E-state index contributed by atoms with van der Waals surface area (Å²) in [7, 11) is 0. The first-order valence-electron chi connectivity index (χ1n) is 7.83. The molecule has 0 aliphatic carbocycles. The standard InChI is InChI=1S/C15H17F3N4O/c16-15(17,18)9-6-11-14(19-8-9)22-5-3-10(7-12(22)20-11)21-4-1-2-13(21)23/h6,8,10,12,20H,1-5,7H2. The molecule has 3 aliphatic rings. The van der Waals surface area contributed by atoms with E-state index < -0.39 is 11.7 Å². The molecule has 2 atom stereocenters. The van der Waals surface area contributed by atoms with Crippen molar-refractivity contribution in [1.29, 1.82) is 0 Å². The van der Waals surface area contributed by atoms with E-state index in [4.69, 9.17) is 0 Å². The van der Waals surface area contributed by atoms with Crippen LogP contribution in [0.1, 0.15) is 31.2 Å². The van der Waals surface area contributed by atoms with Gasteiger partial charge in [0.25, 0.3) is 0 Å². The molecule has 0 saturated carbocycles. The smallest absolute Gasteiger partial charge is 0.362 e. The van der Waals surface area contributed by atoms with Gasteiger partial charge in [0, 0.05) is 38.2 Å². The highest BCUT2D eigenvalue weighted by molar-refractivity contribution is 5.79. The minimum atomic E-state index is -4.39. The van der Waals surface area contributed by atoms with Crippen LogP contribution in [0, 0.1) is 0 Å². The summed E-state index contributed by atoms with van der Waals surface area (Å²) in [4.78, 5) is 19.8. The van der Waals surface area contributed by atoms with E-state index >= 15 is 0 Å². The van der Waals surface area contributed by atoms with E-state index in [0.717, 1.165) is 31.6 Å². The van der Waals surface area contributed by atoms with Gasteiger partial charge in [-0.05, 0) is 18.9 Å². The van der Waals surface area contributed by atoms with Crippen molar-refractivity contribution < 1.29 is 18.0 Å². The van der Waals surface area contributed by atoms with Crippen LogP contribution in [0.5, 0.6) is 0 Å². The van der Waals surface area contributed by atoms with Crippen molar-refractivity contribution in [2.24, 2.45) is 0 Å². The lowest BCUT2D eigenvalue weighted by Crippen LogP contribution is -2.51. The third-order valence-corrected chi connectivity index (χ3v) is 4.91. The first kappa shape index (κ1) is 14.6. The summed E-state index contributed by atoms with van der Waals surface area (Å²) in [6.07, 6.45) is -0.553. The van der Waals surface area contributed by atoms with E-state index in [0.29, 0.717) is 30.9 Å². The van der Waals surface area contributed by atoms with Gasteiger partial charge >= 0.3 is 6.18 Å². The fourth-order valence-corrected chi connectivity index (χ4v) is 3.80. The Morgan fingerprint density at radius 2 is 2.09 bits per heavy atom. The molecule has 8 heteroatoms. The molecule has 0 spiro atoms. The second-order valence-electron chi connectivity index (χ2n) is 6.32. The van der Waals surface area contributed by atoms with E-state index in [1.54, 1.807) is 0 Å². The Kier molecular flexibility index (Phi) is 3.18. The van der Waals surface area contributed by atoms with Crippen LogP contribution in [0.25, 0.3) is 0 Å². The van der Waals surface area contributed by atoms with Gasteiger partial charge < -0.3 is 15.1 Å². The second kappa shape index (κ2) is 5.01. The lowest BCUT2D eigenvalue weighted by atomic mass is 10.0. The van der Waals surface area contributed by atoms with Gasteiger partial charge in [0.1, 0.15) is 6.17 Å². The van der Waals surface area contributed by atoms with E-state index in [1.807, 2.05) is 9.80 Å². The number of fused-ring (bicyclic) bond motifs is 3. The zero-order chi connectivity index (χ0) is 16.2. The predicted octanol–water partition coefficient (Wildman–Crippen LogP) is 2.44. The lowest BCUT2D eigenvalue weighted by Gasteiger charge is -2.39. The van der Waals surface area contributed by atoms with Crippen LogP contribution in [0.3, 0.4) is 0 Å². The number of nitrogens with one attached hydrogen (secondary N) is 1. The largest absolute Gasteiger partial charge is 0.417 e. The highest BCUT2D eigenvalue weighted by Crippen LogP contribution is 2.41. The maximum absolute atomic E-state index is 12.8. The molecular weight excluding hydrogens is 309 g/mol.